The van der Waals surface area contributed by atoms with Crippen LogP contribution in [0.2, 0.25) is 0 Å². The summed E-state index contributed by atoms with van der Waals surface area (Å²) in [5.41, 5.74) is 0.154. The Morgan fingerprint density at radius 2 is 2.21 bits per heavy atom. The second-order valence-corrected chi connectivity index (χ2v) is 5.90. The summed E-state index contributed by atoms with van der Waals surface area (Å²) in [6, 6.07) is 3.91. The molecule has 1 aromatic carbocycles. The minimum Gasteiger partial charge on any atom is -0.337 e. The van der Waals surface area contributed by atoms with Crippen LogP contribution < -0.4 is 0 Å². The topological polar surface area (TPSA) is 37.4 Å². The van der Waals surface area contributed by atoms with Crippen LogP contribution in [0.5, 0.6) is 0 Å². The second kappa shape index (κ2) is 5.69. The summed E-state index contributed by atoms with van der Waals surface area (Å²) in [4.78, 5) is 24.2. The molecular weight excluding hydrogens is 272 g/mol. The SMILES string of the molecule is CC(=O)SC1CC(=O)N(Cc2cccc(F)c2F)C1. The Morgan fingerprint density at radius 3 is 2.89 bits per heavy atom. The monoisotopic (exact) mass is 285 g/mol. The average Bonchev–Trinajstić information content (AvgIpc) is 2.64. The number of carbonyl (C=O) groups is 2. The van der Waals surface area contributed by atoms with Crippen LogP contribution in [0.1, 0.15) is 18.9 Å². The molecule has 1 atom stereocenters. The van der Waals surface area contributed by atoms with Crippen molar-refractivity contribution in [3.05, 3.63) is 35.4 Å². The van der Waals surface area contributed by atoms with Crippen molar-refractivity contribution in [2.75, 3.05) is 6.54 Å². The van der Waals surface area contributed by atoms with Gasteiger partial charge >= 0.3 is 0 Å². The van der Waals surface area contributed by atoms with E-state index in [0.29, 0.717) is 6.54 Å². The van der Waals surface area contributed by atoms with Crippen molar-refractivity contribution >= 4 is 22.8 Å². The Morgan fingerprint density at radius 1 is 1.47 bits per heavy atom. The normalized spacial score (nSPS) is 19.0. The molecule has 102 valence electrons. The molecule has 1 heterocycles. The highest BCUT2D eigenvalue weighted by Crippen LogP contribution is 2.26. The maximum absolute atomic E-state index is 13.5. The summed E-state index contributed by atoms with van der Waals surface area (Å²) in [5.74, 6) is -1.97. The third kappa shape index (κ3) is 3.32. The largest absolute Gasteiger partial charge is 0.337 e. The van der Waals surface area contributed by atoms with Crippen LogP contribution in [0.15, 0.2) is 18.2 Å². The van der Waals surface area contributed by atoms with E-state index in [0.717, 1.165) is 17.8 Å². The summed E-state index contributed by atoms with van der Waals surface area (Å²) in [6.45, 7) is 1.88. The molecule has 0 bridgehead atoms. The summed E-state index contributed by atoms with van der Waals surface area (Å²) < 4.78 is 26.6. The molecule has 0 spiro atoms. The Kier molecular flexibility index (Phi) is 4.19. The number of thioether (sulfide) groups is 1. The van der Waals surface area contributed by atoms with Crippen molar-refractivity contribution in [1.82, 2.24) is 4.90 Å². The fourth-order valence-corrected chi connectivity index (χ4v) is 3.03. The maximum atomic E-state index is 13.5. The van der Waals surface area contributed by atoms with Gasteiger partial charge in [0, 0.05) is 37.2 Å². The van der Waals surface area contributed by atoms with Crippen LogP contribution in [0, 0.1) is 11.6 Å². The van der Waals surface area contributed by atoms with Crippen LogP contribution >= 0.6 is 11.8 Å². The lowest BCUT2D eigenvalue weighted by molar-refractivity contribution is -0.128. The molecule has 1 aromatic rings. The first-order chi connectivity index (χ1) is 8.97. The van der Waals surface area contributed by atoms with Crippen molar-refractivity contribution < 1.29 is 18.4 Å². The minimum absolute atomic E-state index is 0.0391. The van der Waals surface area contributed by atoms with Crippen LogP contribution in [0.3, 0.4) is 0 Å². The molecule has 1 saturated heterocycles. The highest BCUT2D eigenvalue weighted by molar-refractivity contribution is 8.14. The molecule has 0 aliphatic carbocycles. The molecule has 1 amide bonds. The van der Waals surface area contributed by atoms with Crippen LogP contribution in [0.4, 0.5) is 8.78 Å². The molecule has 0 saturated carbocycles. The first-order valence-corrected chi connectivity index (χ1v) is 6.73. The zero-order chi connectivity index (χ0) is 14.0. The zero-order valence-electron chi connectivity index (χ0n) is 10.4. The van der Waals surface area contributed by atoms with Gasteiger partial charge in [0.15, 0.2) is 16.7 Å². The van der Waals surface area contributed by atoms with E-state index in [1.165, 1.54) is 24.0 Å². The third-order valence-electron chi connectivity index (χ3n) is 2.90. The highest BCUT2D eigenvalue weighted by Gasteiger charge is 2.31. The molecule has 3 nitrogen and oxygen atoms in total. The Hall–Kier alpha value is -1.43. The standard InChI is InChI=1S/C13H13F2NO2S/c1-8(17)19-10-5-12(18)16(7-10)6-9-3-2-4-11(14)13(9)15/h2-4,10H,5-7H2,1H3. The second-order valence-electron chi connectivity index (χ2n) is 4.42. The molecule has 6 heteroatoms. The predicted molar refractivity (Wildman–Crippen MR) is 68.5 cm³/mol. The van der Waals surface area contributed by atoms with E-state index in [9.17, 15) is 18.4 Å². The molecule has 1 aliphatic rings. The van der Waals surface area contributed by atoms with E-state index in [1.807, 2.05) is 0 Å². The van der Waals surface area contributed by atoms with E-state index in [4.69, 9.17) is 0 Å². The summed E-state index contributed by atoms with van der Waals surface area (Å²) in [6.07, 6.45) is 0.265. The lowest BCUT2D eigenvalue weighted by atomic mass is 10.2. The Bertz CT molecular complexity index is 521. The van der Waals surface area contributed by atoms with Crippen molar-refractivity contribution in [3.8, 4) is 0 Å². The van der Waals surface area contributed by atoms with E-state index in [-0.39, 0.29) is 34.8 Å². The van der Waals surface area contributed by atoms with Crippen molar-refractivity contribution in [2.24, 2.45) is 0 Å². The van der Waals surface area contributed by atoms with Gasteiger partial charge < -0.3 is 4.90 Å². The lowest BCUT2D eigenvalue weighted by Crippen LogP contribution is -2.25. The van der Waals surface area contributed by atoms with Crippen molar-refractivity contribution in [2.45, 2.75) is 25.1 Å². The summed E-state index contributed by atoms with van der Waals surface area (Å²) in [5, 5.41) is -0.141. The molecular formula is C13H13F2NO2S. The van der Waals surface area contributed by atoms with Crippen LogP contribution in [-0.4, -0.2) is 27.7 Å². The molecule has 1 unspecified atom stereocenters. The Balaban J connectivity index is 2.05. The first-order valence-electron chi connectivity index (χ1n) is 5.85. The van der Waals surface area contributed by atoms with Gasteiger partial charge in [-0.1, -0.05) is 23.9 Å². The van der Waals surface area contributed by atoms with Crippen molar-refractivity contribution in [1.29, 1.82) is 0 Å². The van der Waals surface area contributed by atoms with E-state index in [1.54, 1.807) is 0 Å². The summed E-state index contributed by atoms with van der Waals surface area (Å²) in [7, 11) is 0. The molecule has 0 N–H and O–H groups in total. The zero-order valence-corrected chi connectivity index (χ0v) is 11.2. The smallest absolute Gasteiger partial charge is 0.224 e. The molecule has 0 radical (unpaired) electrons. The summed E-state index contributed by atoms with van der Waals surface area (Å²) >= 11 is 1.12. The van der Waals surface area contributed by atoms with Gasteiger partial charge in [-0.3, -0.25) is 9.59 Å². The maximum Gasteiger partial charge on any atom is 0.224 e. The predicted octanol–water partition coefficient (Wildman–Crippen LogP) is 2.35. The quantitative estimate of drug-likeness (QED) is 0.855. The molecule has 0 aromatic heterocycles. The van der Waals surface area contributed by atoms with Crippen LogP contribution in [-0.2, 0) is 16.1 Å². The number of likely N-dealkylation sites (tertiary alicyclic amines) is 1. The number of hydrogen-bond acceptors (Lipinski definition) is 3. The van der Waals surface area contributed by atoms with Gasteiger partial charge in [0.05, 0.1) is 0 Å². The minimum atomic E-state index is -0.919. The average molecular weight is 285 g/mol. The van der Waals surface area contributed by atoms with Crippen LogP contribution in [0.25, 0.3) is 0 Å². The highest BCUT2D eigenvalue weighted by atomic mass is 32.2. The molecule has 1 fully saturated rings. The van der Waals surface area contributed by atoms with Gasteiger partial charge in [-0.25, -0.2) is 8.78 Å². The lowest BCUT2D eigenvalue weighted by Gasteiger charge is -2.16. The number of rotatable bonds is 3. The van der Waals surface area contributed by atoms with E-state index < -0.39 is 11.6 Å². The molecule has 19 heavy (non-hydrogen) atoms. The van der Waals surface area contributed by atoms with Gasteiger partial charge in [-0.2, -0.15) is 0 Å². The fraction of sp³-hybridized carbons (Fsp3) is 0.385. The number of benzene rings is 1. The number of halogens is 2. The van der Waals surface area contributed by atoms with Crippen molar-refractivity contribution in [3.63, 3.8) is 0 Å². The van der Waals surface area contributed by atoms with E-state index >= 15 is 0 Å². The van der Waals surface area contributed by atoms with Gasteiger partial charge in [-0.15, -0.1) is 0 Å². The van der Waals surface area contributed by atoms with Gasteiger partial charge in [0.1, 0.15) is 0 Å². The van der Waals surface area contributed by atoms with Gasteiger partial charge in [0.2, 0.25) is 5.91 Å². The van der Waals surface area contributed by atoms with Gasteiger partial charge in [-0.05, 0) is 6.07 Å². The van der Waals surface area contributed by atoms with Gasteiger partial charge in [0.25, 0.3) is 0 Å². The fourth-order valence-electron chi connectivity index (χ4n) is 2.08. The number of hydrogen-bond donors (Lipinski definition) is 0. The molecule has 1 aliphatic heterocycles. The number of nitrogens with zero attached hydrogens (tertiary/aromatic N) is 1. The third-order valence-corrected chi connectivity index (χ3v) is 3.89. The number of carbonyl (C=O) groups excluding carboxylic acids is 2. The number of amides is 1. The van der Waals surface area contributed by atoms with E-state index in [2.05, 4.69) is 0 Å². The first kappa shape index (κ1) is 14.0. The molecule has 2 rings (SSSR count). The Labute approximate surface area is 114 Å².